The molecular weight excluding hydrogens is 204 g/mol. The maximum Gasteiger partial charge on any atom is 0.221 e. The molecule has 2 N–H and O–H groups in total. The quantitative estimate of drug-likeness (QED) is 0.730. The maximum atomic E-state index is 11.7. The van der Waals surface area contributed by atoms with Crippen molar-refractivity contribution in [2.24, 2.45) is 0 Å². The zero-order valence-corrected chi connectivity index (χ0v) is 10.6. The molecule has 1 heterocycles. The van der Waals surface area contributed by atoms with Crippen molar-refractivity contribution in [1.82, 2.24) is 10.2 Å². The number of rotatable bonds is 5. The van der Waals surface area contributed by atoms with Gasteiger partial charge in [0.1, 0.15) is 0 Å². The molecule has 16 heavy (non-hydrogen) atoms. The van der Waals surface area contributed by atoms with Crippen molar-refractivity contribution in [1.29, 1.82) is 0 Å². The van der Waals surface area contributed by atoms with Crippen molar-refractivity contribution in [3.63, 3.8) is 0 Å². The Hall–Kier alpha value is -0.610. The van der Waals surface area contributed by atoms with E-state index in [1.807, 2.05) is 13.8 Å². The molecule has 1 aliphatic heterocycles. The normalized spacial score (nSPS) is 19.8. The van der Waals surface area contributed by atoms with Gasteiger partial charge in [0.25, 0.3) is 0 Å². The molecule has 1 atom stereocenters. The van der Waals surface area contributed by atoms with Crippen LogP contribution in [0.1, 0.15) is 40.0 Å². The van der Waals surface area contributed by atoms with Crippen LogP contribution in [0, 0.1) is 0 Å². The molecule has 0 aromatic carbocycles. The van der Waals surface area contributed by atoms with E-state index >= 15 is 0 Å². The SMILES string of the molecule is CC(O)C(C)(C)NC(=O)CCN1CCCC1. The number of aliphatic hydroxyl groups is 1. The second kappa shape index (κ2) is 5.64. The summed E-state index contributed by atoms with van der Waals surface area (Å²) in [6.45, 7) is 8.44. The van der Waals surface area contributed by atoms with Crippen molar-refractivity contribution in [2.75, 3.05) is 19.6 Å². The first-order chi connectivity index (χ1) is 7.42. The molecule has 0 aromatic rings. The summed E-state index contributed by atoms with van der Waals surface area (Å²) in [4.78, 5) is 14.0. The largest absolute Gasteiger partial charge is 0.391 e. The lowest BCUT2D eigenvalue weighted by molar-refractivity contribution is -0.124. The minimum Gasteiger partial charge on any atom is -0.391 e. The number of likely N-dealkylation sites (tertiary alicyclic amines) is 1. The molecule has 0 aromatic heterocycles. The van der Waals surface area contributed by atoms with Gasteiger partial charge in [-0.15, -0.1) is 0 Å². The number of carbonyl (C=O) groups excluding carboxylic acids is 1. The van der Waals surface area contributed by atoms with Gasteiger partial charge in [0.05, 0.1) is 11.6 Å². The standard InChI is InChI=1S/C12H24N2O2/c1-10(15)12(2,3)13-11(16)6-9-14-7-4-5-8-14/h10,15H,4-9H2,1-3H3,(H,13,16). The van der Waals surface area contributed by atoms with Crippen LogP contribution in [0.5, 0.6) is 0 Å². The zero-order chi connectivity index (χ0) is 12.2. The summed E-state index contributed by atoms with van der Waals surface area (Å²) < 4.78 is 0. The van der Waals surface area contributed by atoms with Crippen LogP contribution in [0.15, 0.2) is 0 Å². The summed E-state index contributed by atoms with van der Waals surface area (Å²) >= 11 is 0. The first kappa shape index (κ1) is 13.5. The second-order valence-corrected chi connectivity index (χ2v) is 5.24. The fraction of sp³-hybridized carbons (Fsp3) is 0.917. The van der Waals surface area contributed by atoms with Crippen LogP contribution in [0.2, 0.25) is 0 Å². The molecule has 1 aliphatic rings. The van der Waals surface area contributed by atoms with Crippen LogP contribution in [0.25, 0.3) is 0 Å². The fourth-order valence-electron chi connectivity index (χ4n) is 1.79. The molecule has 4 nitrogen and oxygen atoms in total. The van der Waals surface area contributed by atoms with E-state index in [1.54, 1.807) is 6.92 Å². The smallest absolute Gasteiger partial charge is 0.221 e. The molecular formula is C12H24N2O2. The Morgan fingerprint density at radius 1 is 1.44 bits per heavy atom. The minimum absolute atomic E-state index is 0.0257. The van der Waals surface area contributed by atoms with E-state index in [0.717, 1.165) is 19.6 Å². The number of hydrogen-bond donors (Lipinski definition) is 2. The van der Waals surface area contributed by atoms with Crippen LogP contribution in [-0.2, 0) is 4.79 Å². The lowest BCUT2D eigenvalue weighted by Crippen LogP contribution is -2.51. The Balaban J connectivity index is 2.24. The van der Waals surface area contributed by atoms with Crippen molar-refractivity contribution in [3.8, 4) is 0 Å². The van der Waals surface area contributed by atoms with E-state index in [1.165, 1.54) is 12.8 Å². The third-order valence-electron chi connectivity index (χ3n) is 3.36. The van der Waals surface area contributed by atoms with Crippen LogP contribution < -0.4 is 5.32 Å². The fourth-order valence-corrected chi connectivity index (χ4v) is 1.79. The summed E-state index contributed by atoms with van der Waals surface area (Å²) in [5.74, 6) is 0.0257. The summed E-state index contributed by atoms with van der Waals surface area (Å²) in [5, 5.41) is 12.3. The number of carbonyl (C=O) groups is 1. The van der Waals surface area contributed by atoms with Gasteiger partial charge in [0.15, 0.2) is 0 Å². The van der Waals surface area contributed by atoms with Gasteiger partial charge in [-0.2, -0.15) is 0 Å². The average molecular weight is 228 g/mol. The Morgan fingerprint density at radius 2 is 2.00 bits per heavy atom. The van der Waals surface area contributed by atoms with Crippen LogP contribution >= 0.6 is 0 Å². The van der Waals surface area contributed by atoms with E-state index in [2.05, 4.69) is 10.2 Å². The molecule has 0 bridgehead atoms. The average Bonchev–Trinajstić information content (AvgIpc) is 2.66. The predicted molar refractivity (Wildman–Crippen MR) is 64.2 cm³/mol. The second-order valence-electron chi connectivity index (χ2n) is 5.24. The highest BCUT2D eigenvalue weighted by Crippen LogP contribution is 2.10. The van der Waals surface area contributed by atoms with E-state index in [4.69, 9.17) is 0 Å². The van der Waals surface area contributed by atoms with Crippen molar-refractivity contribution >= 4 is 5.91 Å². The lowest BCUT2D eigenvalue weighted by atomic mass is 9.98. The topological polar surface area (TPSA) is 52.6 Å². The van der Waals surface area contributed by atoms with E-state index in [0.29, 0.717) is 6.42 Å². The van der Waals surface area contributed by atoms with Gasteiger partial charge in [-0.05, 0) is 46.7 Å². The molecule has 1 unspecified atom stereocenters. The number of nitrogens with one attached hydrogen (secondary N) is 1. The van der Waals surface area contributed by atoms with Gasteiger partial charge in [0, 0.05) is 13.0 Å². The van der Waals surface area contributed by atoms with Crippen molar-refractivity contribution < 1.29 is 9.90 Å². The zero-order valence-electron chi connectivity index (χ0n) is 10.6. The van der Waals surface area contributed by atoms with Gasteiger partial charge in [0.2, 0.25) is 5.91 Å². The highest BCUT2D eigenvalue weighted by molar-refractivity contribution is 5.76. The summed E-state index contributed by atoms with van der Waals surface area (Å²) in [6.07, 6.45) is 2.49. The summed E-state index contributed by atoms with van der Waals surface area (Å²) in [6, 6.07) is 0. The van der Waals surface area contributed by atoms with Crippen molar-refractivity contribution in [2.45, 2.75) is 51.7 Å². The third kappa shape index (κ3) is 4.10. The maximum absolute atomic E-state index is 11.7. The van der Waals surface area contributed by atoms with Gasteiger partial charge >= 0.3 is 0 Å². The van der Waals surface area contributed by atoms with Gasteiger partial charge in [-0.1, -0.05) is 0 Å². The molecule has 0 spiro atoms. The van der Waals surface area contributed by atoms with Gasteiger partial charge in [-0.25, -0.2) is 0 Å². The minimum atomic E-state index is -0.540. The molecule has 1 amide bonds. The van der Waals surface area contributed by atoms with Gasteiger partial charge < -0.3 is 15.3 Å². The first-order valence-corrected chi connectivity index (χ1v) is 6.13. The summed E-state index contributed by atoms with van der Waals surface area (Å²) in [7, 11) is 0. The molecule has 0 aliphatic carbocycles. The number of aliphatic hydroxyl groups excluding tert-OH is 1. The predicted octanol–water partition coefficient (Wildman–Crippen LogP) is 0.748. The molecule has 1 fully saturated rings. The molecule has 94 valence electrons. The Kier molecular flexibility index (Phi) is 4.74. The lowest BCUT2D eigenvalue weighted by Gasteiger charge is -2.29. The van der Waals surface area contributed by atoms with Crippen molar-refractivity contribution in [3.05, 3.63) is 0 Å². The molecule has 4 heteroatoms. The Labute approximate surface area is 98.0 Å². The van der Waals surface area contributed by atoms with E-state index in [9.17, 15) is 9.90 Å². The van der Waals surface area contributed by atoms with E-state index in [-0.39, 0.29) is 5.91 Å². The Morgan fingerprint density at radius 3 is 2.50 bits per heavy atom. The molecule has 1 rings (SSSR count). The summed E-state index contributed by atoms with van der Waals surface area (Å²) in [5.41, 5.74) is -0.540. The molecule has 0 radical (unpaired) electrons. The van der Waals surface area contributed by atoms with Crippen LogP contribution in [-0.4, -0.2) is 47.2 Å². The third-order valence-corrected chi connectivity index (χ3v) is 3.36. The first-order valence-electron chi connectivity index (χ1n) is 6.13. The molecule has 0 saturated carbocycles. The molecule has 1 saturated heterocycles. The van der Waals surface area contributed by atoms with Gasteiger partial charge in [-0.3, -0.25) is 4.79 Å². The van der Waals surface area contributed by atoms with Crippen LogP contribution in [0.3, 0.4) is 0 Å². The highest BCUT2D eigenvalue weighted by atomic mass is 16.3. The monoisotopic (exact) mass is 228 g/mol. The van der Waals surface area contributed by atoms with E-state index < -0.39 is 11.6 Å². The highest BCUT2D eigenvalue weighted by Gasteiger charge is 2.26. The van der Waals surface area contributed by atoms with Crippen LogP contribution in [0.4, 0.5) is 0 Å². The number of hydrogen-bond acceptors (Lipinski definition) is 3. The Bertz CT molecular complexity index is 233. The number of amides is 1. The number of nitrogens with zero attached hydrogens (tertiary/aromatic N) is 1.